The van der Waals surface area contributed by atoms with Crippen LogP contribution in [0.4, 0.5) is 0 Å². The van der Waals surface area contributed by atoms with Crippen molar-refractivity contribution in [3.05, 3.63) is 35.9 Å². The monoisotopic (exact) mass is 264 g/mol. The fourth-order valence-corrected chi connectivity index (χ4v) is 1.68. The smallest absolute Gasteiger partial charge is 0.222 e. The molecule has 0 heterocycles. The maximum atomic E-state index is 11.9. The zero-order chi connectivity index (χ0) is 14.5. The average molecular weight is 264 g/mol. The van der Waals surface area contributed by atoms with E-state index in [0.29, 0.717) is 0 Å². The fraction of sp³-hybridized carbons (Fsp3) is 0.533. The van der Waals surface area contributed by atoms with Gasteiger partial charge in [-0.1, -0.05) is 51.1 Å². The number of nitrogens with one attached hydrogen (secondary N) is 1. The third-order valence-corrected chi connectivity index (χ3v) is 3.24. The van der Waals surface area contributed by atoms with Crippen molar-refractivity contribution >= 4 is 5.91 Å². The van der Waals surface area contributed by atoms with E-state index in [0.717, 1.165) is 5.56 Å². The predicted molar refractivity (Wildman–Crippen MR) is 76.5 cm³/mol. The molecule has 1 amide bonds. The van der Waals surface area contributed by atoms with Crippen molar-refractivity contribution in [1.29, 1.82) is 0 Å². The molecule has 1 unspecified atom stereocenters. The lowest BCUT2D eigenvalue weighted by molar-refractivity contribution is -0.123. The SMILES string of the molecule is CC(C)(C)C(N)CC(=O)N[C@H](CO)c1ccccc1. The average Bonchev–Trinajstić information content (AvgIpc) is 2.35. The Morgan fingerprint density at radius 1 is 1.32 bits per heavy atom. The molecule has 4 N–H and O–H groups in total. The third-order valence-electron chi connectivity index (χ3n) is 3.24. The van der Waals surface area contributed by atoms with Crippen LogP contribution in [0.5, 0.6) is 0 Å². The Balaban J connectivity index is 2.60. The van der Waals surface area contributed by atoms with E-state index in [4.69, 9.17) is 5.73 Å². The molecular weight excluding hydrogens is 240 g/mol. The van der Waals surface area contributed by atoms with E-state index in [-0.39, 0.29) is 36.4 Å². The zero-order valence-corrected chi connectivity index (χ0v) is 11.9. The van der Waals surface area contributed by atoms with Gasteiger partial charge >= 0.3 is 0 Å². The lowest BCUT2D eigenvalue weighted by Gasteiger charge is -2.27. The van der Waals surface area contributed by atoms with Gasteiger partial charge in [-0.3, -0.25) is 4.79 Å². The van der Waals surface area contributed by atoms with Crippen LogP contribution >= 0.6 is 0 Å². The first kappa shape index (κ1) is 15.7. The minimum atomic E-state index is -0.374. The molecule has 2 atom stereocenters. The van der Waals surface area contributed by atoms with Crippen molar-refractivity contribution in [3.63, 3.8) is 0 Å². The molecule has 0 bridgehead atoms. The summed E-state index contributed by atoms with van der Waals surface area (Å²) in [5.41, 5.74) is 6.76. The fourth-order valence-electron chi connectivity index (χ4n) is 1.68. The molecule has 1 rings (SSSR count). The Bertz CT molecular complexity index is 398. The van der Waals surface area contributed by atoms with Crippen LogP contribution in [0.3, 0.4) is 0 Å². The zero-order valence-electron chi connectivity index (χ0n) is 11.9. The van der Waals surface area contributed by atoms with Gasteiger partial charge in [-0.15, -0.1) is 0 Å². The number of nitrogens with two attached hydrogens (primary N) is 1. The van der Waals surface area contributed by atoms with E-state index >= 15 is 0 Å². The molecule has 0 aliphatic rings. The van der Waals surface area contributed by atoms with Crippen molar-refractivity contribution < 1.29 is 9.90 Å². The topological polar surface area (TPSA) is 75.4 Å². The number of amides is 1. The number of hydrogen-bond donors (Lipinski definition) is 3. The van der Waals surface area contributed by atoms with Crippen LogP contribution < -0.4 is 11.1 Å². The molecule has 0 fully saturated rings. The summed E-state index contributed by atoms with van der Waals surface area (Å²) in [4.78, 5) is 11.9. The first-order chi connectivity index (χ1) is 8.84. The Morgan fingerprint density at radius 2 is 1.89 bits per heavy atom. The minimum absolute atomic E-state index is 0.112. The van der Waals surface area contributed by atoms with Crippen molar-refractivity contribution in [1.82, 2.24) is 5.32 Å². The molecule has 4 nitrogen and oxygen atoms in total. The van der Waals surface area contributed by atoms with Gasteiger partial charge < -0.3 is 16.2 Å². The number of rotatable bonds is 5. The minimum Gasteiger partial charge on any atom is -0.394 e. The molecule has 0 aromatic heterocycles. The molecular formula is C15H24N2O2. The van der Waals surface area contributed by atoms with Gasteiger partial charge in [0.15, 0.2) is 0 Å². The number of aliphatic hydroxyl groups is 1. The van der Waals surface area contributed by atoms with E-state index < -0.39 is 0 Å². The van der Waals surface area contributed by atoms with Crippen molar-refractivity contribution in [3.8, 4) is 0 Å². The Labute approximate surface area is 115 Å². The van der Waals surface area contributed by atoms with Crippen LogP contribution in [0.1, 0.15) is 38.8 Å². The predicted octanol–water partition coefficient (Wildman–Crippen LogP) is 1.60. The Hall–Kier alpha value is -1.39. The summed E-state index contributed by atoms with van der Waals surface area (Å²) in [6, 6.07) is 8.84. The molecule has 0 saturated carbocycles. The molecule has 0 saturated heterocycles. The first-order valence-electron chi connectivity index (χ1n) is 6.55. The Kier molecular flexibility index (Phi) is 5.51. The number of benzene rings is 1. The van der Waals surface area contributed by atoms with E-state index in [1.165, 1.54) is 0 Å². The maximum absolute atomic E-state index is 11.9. The quantitative estimate of drug-likeness (QED) is 0.756. The van der Waals surface area contributed by atoms with E-state index in [2.05, 4.69) is 5.32 Å². The van der Waals surface area contributed by atoms with Crippen molar-refractivity contribution in [2.24, 2.45) is 11.1 Å². The molecule has 106 valence electrons. The van der Waals surface area contributed by atoms with E-state index in [1.807, 2.05) is 51.1 Å². The molecule has 0 spiro atoms. The van der Waals surface area contributed by atoms with Gasteiger partial charge in [0.05, 0.1) is 12.6 Å². The number of hydrogen-bond acceptors (Lipinski definition) is 3. The van der Waals surface area contributed by atoms with Crippen LogP contribution in [0.2, 0.25) is 0 Å². The largest absolute Gasteiger partial charge is 0.394 e. The van der Waals surface area contributed by atoms with Gasteiger partial charge in [-0.2, -0.15) is 0 Å². The number of aliphatic hydroxyl groups excluding tert-OH is 1. The molecule has 1 aromatic carbocycles. The molecule has 19 heavy (non-hydrogen) atoms. The number of carbonyl (C=O) groups is 1. The maximum Gasteiger partial charge on any atom is 0.222 e. The third kappa shape index (κ3) is 5.01. The summed E-state index contributed by atoms with van der Waals surface area (Å²) in [5, 5.41) is 12.2. The highest BCUT2D eigenvalue weighted by Crippen LogP contribution is 2.20. The molecule has 0 aliphatic heterocycles. The lowest BCUT2D eigenvalue weighted by Crippen LogP contribution is -2.41. The molecule has 0 radical (unpaired) electrons. The van der Waals surface area contributed by atoms with Gasteiger partial charge in [0, 0.05) is 12.5 Å². The van der Waals surface area contributed by atoms with Crippen LogP contribution in [-0.4, -0.2) is 23.7 Å². The summed E-state index contributed by atoms with van der Waals surface area (Å²) < 4.78 is 0. The summed E-state index contributed by atoms with van der Waals surface area (Å²) in [7, 11) is 0. The van der Waals surface area contributed by atoms with Crippen LogP contribution in [-0.2, 0) is 4.79 Å². The number of carbonyl (C=O) groups excluding carboxylic acids is 1. The van der Waals surface area contributed by atoms with Gasteiger partial charge in [-0.25, -0.2) is 0 Å². The summed E-state index contributed by atoms with van der Waals surface area (Å²) in [6.07, 6.45) is 0.257. The van der Waals surface area contributed by atoms with Crippen LogP contribution in [0.15, 0.2) is 30.3 Å². The van der Waals surface area contributed by atoms with Crippen LogP contribution in [0, 0.1) is 5.41 Å². The van der Waals surface area contributed by atoms with E-state index in [1.54, 1.807) is 0 Å². The van der Waals surface area contributed by atoms with Gasteiger partial charge in [-0.05, 0) is 11.0 Å². The molecule has 1 aromatic rings. The van der Waals surface area contributed by atoms with Gasteiger partial charge in [0.2, 0.25) is 5.91 Å². The summed E-state index contributed by atoms with van der Waals surface area (Å²) >= 11 is 0. The second-order valence-corrected chi connectivity index (χ2v) is 5.89. The molecule has 4 heteroatoms. The van der Waals surface area contributed by atoms with Crippen molar-refractivity contribution in [2.75, 3.05) is 6.61 Å². The highest BCUT2D eigenvalue weighted by Gasteiger charge is 2.24. The van der Waals surface area contributed by atoms with Gasteiger partial charge in [0.1, 0.15) is 0 Å². The van der Waals surface area contributed by atoms with E-state index in [9.17, 15) is 9.90 Å². The lowest BCUT2D eigenvalue weighted by atomic mass is 9.85. The van der Waals surface area contributed by atoms with Crippen molar-refractivity contribution in [2.45, 2.75) is 39.3 Å². The second kappa shape index (κ2) is 6.68. The summed E-state index contributed by atoms with van der Waals surface area (Å²) in [6.45, 7) is 5.89. The Morgan fingerprint density at radius 3 is 2.37 bits per heavy atom. The van der Waals surface area contributed by atoms with Crippen LogP contribution in [0.25, 0.3) is 0 Å². The normalized spacial score (nSPS) is 14.8. The first-order valence-corrected chi connectivity index (χ1v) is 6.55. The highest BCUT2D eigenvalue weighted by molar-refractivity contribution is 5.77. The highest BCUT2D eigenvalue weighted by atomic mass is 16.3. The van der Waals surface area contributed by atoms with Gasteiger partial charge in [0.25, 0.3) is 0 Å². The summed E-state index contributed by atoms with van der Waals surface area (Å²) in [5.74, 6) is -0.134. The second-order valence-electron chi connectivity index (χ2n) is 5.89. The standard InChI is InChI=1S/C15H24N2O2/c1-15(2,3)13(16)9-14(19)17-12(10-18)11-7-5-4-6-8-11/h4-8,12-13,18H,9-10,16H2,1-3H3,(H,17,19)/t12-,13?/m1/s1. The molecule has 0 aliphatic carbocycles.